The summed E-state index contributed by atoms with van der Waals surface area (Å²) in [5.74, 6) is 1.59. The Morgan fingerprint density at radius 2 is 1.57 bits per heavy atom. The summed E-state index contributed by atoms with van der Waals surface area (Å²) < 4.78 is 0. The fourth-order valence-electron chi connectivity index (χ4n) is 3.85. The molecule has 0 spiro atoms. The van der Waals surface area contributed by atoms with E-state index in [2.05, 4.69) is 15.5 Å². The predicted octanol–water partition coefficient (Wildman–Crippen LogP) is 1.53. The molecule has 5 heteroatoms. The monoisotopic (exact) mass is 321 g/mol. The summed E-state index contributed by atoms with van der Waals surface area (Å²) in [6.07, 6.45) is 9.14. The lowest BCUT2D eigenvalue weighted by Crippen LogP contribution is -2.46. The van der Waals surface area contributed by atoms with Gasteiger partial charge < -0.3 is 15.5 Å². The van der Waals surface area contributed by atoms with E-state index in [-0.39, 0.29) is 23.7 Å². The Morgan fingerprint density at radius 3 is 2.30 bits per heavy atom. The zero-order valence-electron chi connectivity index (χ0n) is 14.2. The van der Waals surface area contributed by atoms with Crippen molar-refractivity contribution >= 4 is 11.8 Å². The van der Waals surface area contributed by atoms with Gasteiger partial charge in [0.15, 0.2) is 0 Å². The van der Waals surface area contributed by atoms with Gasteiger partial charge in [-0.25, -0.2) is 0 Å². The summed E-state index contributed by atoms with van der Waals surface area (Å²) in [7, 11) is 0. The minimum Gasteiger partial charge on any atom is -0.356 e. The number of amides is 2. The molecule has 1 unspecified atom stereocenters. The average molecular weight is 321 g/mol. The summed E-state index contributed by atoms with van der Waals surface area (Å²) in [6.45, 7) is 4.34. The number of carbonyl (C=O) groups is 2. The number of hydrogen-bond acceptors (Lipinski definition) is 3. The molecular weight excluding hydrogens is 290 g/mol. The topological polar surface area (TPSA) is 61.4 Å². The normalized spacial score (nSPS) is 26.2. The first kappa shape index (κ1) is 16.7. The van der Waals surface area contributed by atoms with Gasteiger partial charge in [-0.3, -0.25) is 9.59 Å². The molecule has 1 heterocycles. The van der Waals surface area contributed by atoms with Gasteiger partial charge in [-0.2, -0.15) is 0 Å². The predicted molar refractivity (Wildman–Crippen MR) is 89.9 cm³/mol. The van der Waals surface area contributed by atoms with Crippen LogP contribution in [0.3, 0.4) is 0 Å². The van der Waals surface area contributed by atoms with Crippen LogP contribution in [-0.4, -0.2) is 49.4 Å². The summed E-state index contributed by atoms with van der Waals surface area (Å²) in [6, 6.07) is 0. The van der Waals surface area contributed by atoms with Crippen LogP contribution in [0.2, 0.25) is 0 Å². The largest absolute Gasteiger partial charge is 0.356 e. The van der Waals surface area contributed by atoms with E-state index in [1.54, 1.807) is 0 Å². The van der Waals surface area contributed by atoms with Crippen molar-refractivity contribution in [1.29, 1.82) is 0 Å². The van der Waals surface area contributed by atoms with Gasteiger partial charge in [0.1, 0.15) is 0 Å². The molecule has 3 aliphatic rings. The van der Waals surface area contributed by atoms with Crippen molar-refractivity contribution in [1.82, 2.24) is 15.5 Å². The Kier molecular flexibility index (Phi) is 5.92. The number of carbonyl (C=O) groups excluding carboxylic acids is 2. The first-order valence-corrected chi connectivity index (χ1v) is 9.50. The SMILES string of the molecule is O=C(NCCN1CCCC(C(=O)NCC2CC2)C1)C1CCCC1. The molecule has 0 aromatic carbocycles. The van der Waals surface area contributed by atoms with Gasteiger partial charge in [-0.05, 0) is 51.0 Å². The standard InChI is InChI=1S/C18H31N3O2/c22-17(15-4-1-2-5-15)19-9-11-21-10-3-6-16(13-21)18(23)20-12-14-7-8-14/h14-16H,1-13H2,(H,19,22)(H,20,23). The zero-order valence-corrected chi connectivity index (χ0v) is 14.2. The lowest BCUT2D eigenvalue weighted by molar-refractivity contribution is -0.127. The Hall–Kier alpha value is -1.10. The Bertz CT molecular complexity index is 416. The number of nitrogens with zero attached hydrogens (tertiary/aromatic N) is 1. The highest BCUT2D eigenvalue weighted by Crippen LogP contribution is 2.28. The molecule has 5 nitrogen and oxygen atoms in total. The second-order valence-corrected chi connectivity index (χ2v) is 7.60. The van der Waals surface area contributed by atoms with Gasteiger partial charge in [0.25, 0.3) is 0 Å². The van der Waals surface area contributed by atoms with Crippen LogP contribution in [0.4, 0.5) is 0 Å². The number of piperidine rings is 1. The van der Waals surface area contributed by atoms with Crippen molar-refractivity contribution in [2.45, 2.75) is 51.4 Å². The molecule has 2 amide bonds. The van der Waals surface area contributed by atoms with Crippen LogP contribution in [0.15, 0.2) is 0 Å². The number of likely N-dealkylation sites (tertiary alicyclic amines) is 1. The maximum atomic E-state index is 12.2. The molecule has 1 saturated heterocycles. The molecule has 2 saturated carbocycles. The quantitative estimate of drug-likeness (QED) is 0.747. The Morgan fingerprint density at radius 1 is 0.870 bits per heavy atom. The lowest BCUT2D eigenvalue weighted by atomic mass is 9.97. The molecule has 1 atom stereocenters. The average Bonchev–Trinajstić information content (AvgIpc) is 3.23. The van der Waals surface area contributed by atoms with Crippen molar-refractivity contribution in [3.63, 3.8) is 0 Å². The van der Waals surface area contributed by atoms with Gasteiger partial charge in [-0.1, -0.05) is 12.8 Å². The molecule has 0 aromatic heterocycles. The number of rotatable bonds is 7. The van der Waals surface area contributed by atoms with Crippen LogP contribution in [0.1, 0.15) is 51.4 Å². The van der Waals surface area contributed by atoms with Gasteiger partial charge in [0, 0.05) is 32.1 Å². The zero-order chi connectivity index (χ0) is 16.1. The van der Waals surface area contributed by atoms with Crippen LogP contribution in [0, 0.1) is 17.8 Å². The molecule has 0 aromatic rings. The smallest absolute Gasteiger partial charge is 0.224 e. The first-order chi connectivity index (χ1) is 11.2. The van der Waals surface area contributed by atoms with Crippen molar-refractivity contribution in [2.75, 3.05) is 32.7 Å². The van der Waals surface area contributed by atoms with Gasteiger partial charge in [0.2, 0.25) is 11.8 Å². The molecule has 3 rings (SSSR count). The highest BCUT2D eigenvalue weighted by molar-refractivity contribution is 5.79. The van der Waals surface area contributed by atoms with Crippen molar-refractivity contribution in [2.24, 2.45) is 17.8 Å². The molecule has 0 bridgehead atoms. The first-order valence-electron chi connectivity index (χ1n) is 9.50. The van der Waals surface area contributed by atoms with Crippen molar-refractivity contribution in [3.05, 3.63) is 0 Å². The molecule has 3 fully saturated rings. The van der Waals surface area contributed by atoms with E-state index in [9.17, 15) is 9.59 Å². The van der Waals surface area contributed by atoms with E-state index < -0.39 is 0 Å². The van der Waals surface area contributed by atoms with Gasteiger partial charge >= 0.3 is 0 Å². The lowest BCUT2D eigenvalue weighted by Gasteiger charge is -2.32. The second-order valence-electron chi connectivity index (χ2n) is 7.60. The van der Waals surface area contributed by atoms with Crippen LogP contribution in [0.5, 0.6) is 0 Å². The minimum atomic E-state index is 0.132. The maximum absolute atomic E-state index is 12.2. The highest BCUT2D eigenvalue weighted by Gasteiger charge is 2.28. The van der Waals surface area contributed by atoms with Gasteiger partial charge in [0.05, 0.1) is 5.92 Å². The Balaban J connectivity index is 1.32. The molecule has 0 radical (unpaired) electrons. The van der Waals surface area contributed by atoms with E-state index in [1.807, 2.05) is 0 Å². The maximum Gasteiger partial charge on any atom is 0.224 e. The third-order valence-electron chi connectivity index (χ3n) is 5.59. The molecule has 1 aliphatic heterocycles. The minimum absolute atomic E-state index is 0.132. The van der Waals surface area contributed by atoms with Crippen molar-refractivity contribution < 1.29 is 9.59 Å². The van der Waals surface area contributed by atoms with Crippen molar-refractivity contribution in [3.8, 4) is 0 Å². The summed E-state index contributed by atoms with van der Waals surface area (Å²) in [4.78, 5) is 26.6. The van der Waals surface area contributed by atoms with Gasteiger partial charge in [-0.15, -0.1) is 0 Å². The van der Waals surface area contributed by atoms with Crippen LogP contribution < -0.4 is 10.6 Å². The summed E-state index contributed by atoms with van der Waals surface area (Å²) >= 11 is 0. The highest BCUT2D eigenvalue weighted by atomic mass is 16.2. The van der Waals surface area contributed by atoms with E-state index in [0.717, 1.165) is 57.8 Å². The third kappa shape index (κ3) is 5.20. The molecule has 23 heavy (non-hydrogen) atoms. The summed E-state index contributed by atoms with van der Waals surface area (Å²) in [5.41, 5.74) is 0. The number of hydrogen-bond donors (Lipinski definition) is 2. The van der Waals surface area contributed by atoms with E-state index >= 15 is 0 Å². The third-order valence-corrected chi connectivity index (χ3v) is 5.59. The Labute approximate surface area is 139 Å². The molecule has 2 aliphatic carbocycles. The molecule has 130 valence electrons. The van der Waals surface area contributed by atoms with E-state index in [4.69, 9.17) is 0 Å². The van der Waals surface area contributed by atoms with E-state index in [1.165, 1.54) is 25.7 Å². The number of nitrogens with one attached hydrogen (secondary N) is 2. The van der Waals surface area contributed by atoms with Crippen LogP contribution >= 0.6 is 0 Å². The van der Waals surface area contributed by atoms with Crippen LogP contribution in [0.25, 0.3) is 0 Å². The fourth-order valence-corrected chi connectivity index (χ4v) is 3.85. The summed E-state index contributed by atoms with van der Waals surface area (Å²) in [5, 5.41) is 6.19. The fraction of sp³-hybridized carbons (Fsp3) is 0.889. The molecule has 2 N–H and O–H groups in total. The molecular formula is C18H31N3O2. The second kappa shape index (κ2) is 8.13. The van der Waals surface area contributed by atoms with E-state index in [0.29, 0.717) is 6.54 Å². The van der Waals surface area contributed by atoms with Crippen LogP contribution in [-0.2, 0) is 9.59 Å².